The lowest BCUT2D eigenvalue weighted by Gasteiger charge is -2.15. The van der Waals surface area contributed by atoms with Crippen molar-refractivity contribution in [2.45, 2.75) is 32.7 Å². The van der Waals surface area contributed by atoms with Crippen LogP contribution in [0.25, 0.3) is 5.65 Å². The van der Waals surface area contributed by atoms with Crippen LogP contribution in [0.3, 0.4) is 0 Å². The average Bonchev–Trinajstić information content (AvgIpc) is 2.97. The number of anilines is 1. The Morgan fingerprint density at radius 2 is 2.00 bits per heavy atom. The number of hydrogen-bond donors (Lipinski definition) is 1. The van der Waals surface area contributed by atoms with Gasteiger partial charge < -0.3 is 5.32 Å². The molecular formula is C17H17FN6. The normalized spacial score (nSPS) is 11.5. The zero-order valence-corrected chi connectivity index (χ0v) is 13.7. The molecule has 3 rings (SSSR count). The molecule has 7 heteroatoms. The zero-order chi connectivity index (χ0) is 17.3. The molecule has 2 aromatic heterocycles. The van der Waals surface area contributed by atoms with E-state index in [2.05, 4.69) is 20.6 Å². The number of nitriles is 1. The second-order valence-electron chi connectivity index (χ2n) is 6.53. The molecule has 2 heterocycles. The highest BCUT2D eigenvalue weighted by Gasteiger charge is 2.21. The first kappa shape index (κ1) is 15.9. The van der Waals surface area contributed by atoms with Crippen molar-refractivity contribution in [2.75, 3.05) is 5.32 Å². The van der Waals surface area contributed by atoms with Gasteiger partial charge in [-0.3, -0.25) is 0 Å². The highest BCUT2D eigenvalue weighted by molar-refractivity contribution is 5.45. The summed E-state index contributed by atoms with van der Waals surface area (Å²) in [6.07, 6.45) is 0. The van der Waals surface area contributed by atoms with Crippen LogP contribution in [0.1, 0.15) is 37.7 Å². The van der Waals surface area contributed by atoms with Crippen LogP contribution in [-0.4, -0.2) is 19.8 Å². The number of hydrogen-bond acceptors (Lipinski definition) is 5. The maximum atomic E-state index is 13.8. The second kappa shape index (κ2) is 5.89. The minimum Gasteiger partial charge on any atom is -0.364 e. The predicted molar refractivity (Wildman–Crippen MR) is 87.9 cm³/mol. The van der Waals surface area contributed by atoms with Crippen molar-refractivity contribution in [1.29, 1.82) is 5.26 Å². The Bertz CT molecular complexity index is 932. The largest absolute Gasteiger partial charge is 0.364 e. The van der Waals surface area contributed by atoms with E-state index in [1.165, 1.54) is 18.2 Å². The molecule has 122 valence electrons. The topological polar surface area (TPSA) is 78.9 Å². The second-order valence-corrected chi connectivity index (χ2v) is 6.53. The van der Waals surface area contributed by atoms with Gasteiger partial charge in [0.05, 0.1) is 11.6 Å². The van der Waals surface area contributed by atoms with E-state index in [-0.39, 0.29) is 17.8 Å². The average molecular weight is 324 g/mol. The van der Waals surface area contributed by atoms with Gasteiger partial charge in [0.25, 0.3) is 0 Å². The summed E-state index contributed by atoms with van der Waals surface area (Å²) in [7, 11) is 0. The van der Waals surface area contributed by atoms with Crippen LogP contribution < -0.4 is 5.32 Å². The first-order chi connectivity index (χ1) is 11.4. The Morgan fingerprint density at radius 1 is 1.21 bits per heavy atom. The van der Waals surface area contributed by atoms with Gasteiger partial charge >= 0.3 is 0 Å². The monoisotopic (exact) mass is 324 g/mol. The van der Waals surface area contributed by atoms with Gasteiger partial charge in [-0.25, -0.2) is 4.39 Å². The van der Waals surface area contributed by atoms with Crippen molar-refractivity contribution in [3.8, 4) is 6.07 Å². The summed E-state index contributed by atoms with van der Waals surface area (Å²) in [6.45, 7) is 6.34. The molecule has 0 unspecified atom stereocenters. The third-order valence-corrected chi connectivity index (χ3v) is 3.57. The minimum atomic E-state index is -0.359. The Balaban J connectivity index is 1.87. The summed E-state index contributed by atoms with van der Waals surface area (Å²) >= 11 is 0. The molecular weight excluding hydrogens is 307 g/mol. The molecule has 24 heavy (non-hydrogen) atoms. The molecule has 1 N–H and O–H groups in total. The van der Waals surface area contributed by atoms with Crippen molar-refractivity contribution < 1.29 is 4.39 Å². The third-order valence-electron chi connectivity index (χ3n) is 3.57. The number of nitrogens with zero attached hydrogens (tertiary/aromatic N) is 5. The molecule has 0 aliphatic rings. The van der Waals surface area contributed by atoms with E-state index in [1.54, 1.807) is 16.6 Å². The van der Waals surface area contributed by atoms with Crippen molar-refractivity contribution in [2.24, 2.45) is 0 Å². The summed E-state index contributed by atoms with van der Waals surface area (Å²) < 4.78 is 15.5. The summed E-state index contributed by atoms with van der Waals surface area (Å²) in [4.78, 5) is 0. The van der Waals surface area contributed by atoms with Gasteiger partial charge in [-0.05, 0) is 30.3 Å². The molecule has 0 amide bonds. The van der Waals surface area contributed by atoms with Gasteiger partial charge in [-0.2, -0.15) is 9.78 Å². The molecule has 0 spiro atoms. The fourth-order valence-electron chi connectivity index (χ4n) is 2.32. The van der Waals surface area contributed by atoms with Crippen molar-refractivity contribution >= 4 is 11.5 Å². The van der Waals surface area contributed by atoms with Gasteiger partial charge in [0.1, 0.15) is 11.6 Å². The summed E-state index contributed by atoms with van der Waals surface area (Å²) in [6, 6.07) is 9.86. The number of nitrogens with one attached hydrogen (secondary N) is 1. The fraction of sp³-hybridized carbons (Fsp3) is 0.294. The first-order valence-corrected chi connectivity index (χ1v) is 7.54. The molecule has 0 atom stereocenters. The third kappa shape index (κ3) is 3.04. The number of aromatic nitrogens is 4. The van der Waals surface area contributed by atoms with Crippen molar-refractivity contribution in [1.82, 2.24) is 19.8 Å². The Morgan fingerprint density at radius 3 is 2.71 bits per heavy atom. The molecule has 3 aromatic rings. The Kier molecular flexibility index (Phi) is 3.89. The standard InChI is InChI=1S/C17H17FN6/c1-17(2,3)16-22-21-15-7-6-14(23-24(15)16)20-10-12-8-11(9-19)4-5-13(12)18/h4-8H,10H2,1-3H3,(H,20,23). The lowest BCUT2D eigenvalue weighted by atomic mass is 9.96. The summed E-state index contributed by atoms with van der Waals surface area (Å²) in [5.74, 6) is 0.968. The van der Waals surface area contributed by atoms with Crippen LogP contribution in [0.15, 0.2) is 30.3 Å². The molecule has 0 bridgehead atoms. The quantitative estimate of drug-likeness (QED) is 0.801. The van der Waals surface area contributed by atoms with Crippen LogP contribution >= 0.6 is 0 Å². The molecule has 0 fully saturated rings. The van der Waals surface area contributed by atoms with Crippen LogP contribution in [-0.2, 0) is 12.0 Å². The van der Waals surface area contributed by atoms with E-state index in [0.29, 0.717) is 22.6 Å². The fourth-order valence-corrected chi connectivity index (χ4v) is 2.32. The smallest absolute Gasteiger partial charge is 0.178 e. The highest BCUT2D eigenvalue weighted by atomic mass is 19.1. The Hall–Kier alpha value is -3.01. The number of fused-ring (bicyclic) bond motifs is 1. The lowest BCUT2D eigenvalue weighted by molar-refractivity contribution is 0.527. The maximum Gasteiger partial charge on any atom is 0.178 e. The SMILES string of the molecule is CC(C)(C)c1nnc2ccc(NCc3cc(C#N)ccc3F)nn12. The van der Waals surface area contributed by atoms with E-state index in [9.17, 15) is 4.39 Å². The first-order valence-electron chi connectivity index (χ1n) is 7.54. The number of rotatable bonds is 3. The molecule has 0 saturated carbocycles. The predicted octanol–water partition coefficient (Wildman–Crippen LogP) is 3.04. The van der Waals surface area contributed by atoms with Gasteiger partial charge in [-0.1, -0.05) is 20.8 Å². The van der Waals surface area contributed by atoms with E-state index in [0.717, 1.165) is 5.82 Å². The minimum absolute atomic E-state index is 0.196. The van der Waals surface area contributed by atoms with Crippen molar-refractivity contribution in [3.63, 3.8) is 0 Å². The van der Waals surface area contributed by atoms with Gasteiger partial charge in [-0.15, -0.1) is 15.3 Å². The Labute approximate surface area is 139 Å². The molecule has 0 radical (unpaired) electrons. The van der Waals surface area contributed by atoms with Gasteiger partial charge in [0, 0.05) is 17.5 Å². The molecule has 0 aliphatic carbocycles. The zero-order valence-electron chi connectivity index (χ0n) is 13.7. The van der Waals surface area contributed by atoms with E-state index in [4.69, 9.17) is 5.26 Å². The van der Waals surface area contributed by atoms with Crippen LogP contribution in [0.2, 0.25) is 0 Å². The molecule has 0 aliphatic heterocycles. The highest BCUT2D eigenvalue weighted by Crippen LogP contribution is 2.21. The van der Waals surface area contributed by atoms with Crippen molar-refractivity contribution in [3.05, 3.63) is 53.1 Å². The van der Waals surface area contributed by atoms with Crippen LogP contribution in [0.4, 0.5) is 10.2 Å². The number of benzene rings is 1. The van der Waals surface area contributed by atoms with Gasteiger partial charge in [0.15, 0.2) is 11.5 Å². The molecule has 1 aromatic carbocycles. The van der Waals surface area contributed by atoms with Gasteiger partial charge in [0.2, 0.25) is 0 Å². The van der Waals surface area contributed by atoms with E-state index in [1.807, 2.05) is 26.8 Å². The number of halogens is 1. The molecule has 6 nitrogen and oxygen atoms in total. The summed E-state index contributed by atoms with van der Waals surface area (Å²) in [5.41, 5.74) is 1.29. The summed E-state index contributed by atoms with van der Waals surface area (Å²) in [5, 5.41) is 24.8. The van der Waals surface area contributed by atoms with E-state index < -0.39 is 0 Å². The van der Waals surface area contributed by atoms with Crippen LogP contribution in [0, 0.1) is 17.1 Å². The lowest BCUT2D eigenvalue weighted by Crippen LogP contribution is -2.17. The van der Waals surface area contributed by atoms with E-state index >= 15 is 0 Å². The molecule has 0 saturated heterocycles. The van der Waals surface area contributed by atoms with Crippen LogP contribution in [0.5, 0.6) is 0 Å². The maximum absolute atomic E-state index is 13.8.